The van der Waals surface area contributed by atoms with Gasteiger partial charge in [-0.25, -0.2) is 4.68 Å². The highest BCUT2D eigenvalue weighted by Crippen LogP contribution is 2.25. The summed E-state index contributed by atoms with van der Waals surface area (Å²) in [7, 11) is 0. The Morgan fingerprint density at radius 1 is 1.15 bits per heavy atom. The van der Waals surface area contributed by atoms with Gasteiger partial charge in [0.2, 0.25) is 0 Å². The van der Waals surface area contributed by atoms with Crippen molar-refractivity contribution in [3.63, 3.8) is 0 Å². The van der Waals surface area contributed by atoms with Gasteiger partial charge in [-0.15, -0.1) is 0 Å². The van der Waals surface area contributed by atoms with Gasteiger partial charge >= 0.3 is 0 Å². The summed E-state index contributed by atoms with van der Waals surface area (Å²) in [6, 6.07) is 20.1. The molecule has 2 heterocycles. The van der Waals surface area contributed by atoms with E-state index in [1.165, 1.54) is 6.07 Å². The molecule has 4 aromatic rings. The highest BCUT2D eigenvalue weighted by atomic mass is 16.3. The van der Waals surface area contributed by atoms with E-state index in [1.54, 1.807) is 16.8 Å². The molecule has 0 aliphatic heterocycles. The van der Waals surface area contributed by atoms with Crippen LogP contribution in [-0.4, -0.2) is 19.9 Å². The molecule has 0 saturated carbocycles. The minimum atomic E-state index is -0.422. The molecule has 2 aromatic carbocycles. The van der Waals surface area contributed by atoms with Crippen LogP contribution in [0.1, 0.15) is 11.1 Å². The molecule has 132 valence electrons. The van der Waals surface area contributed by atoms with E-state index in [4.69, 9.17) is 5.26 Å². The van der Waals surface area contributed by atoms with Crippen LogP contribution in [-0.2, 0) is 6.54 Å². The van der Waals surface area contributed by atoms with E-state index in [1.807, 2.05) is 42.5 Å². The number of pyridine rings is 1. The molecule has 7 heteroatoms. The molecule has 0 fully saturated rings. The number of anilines is 1. The fraction of sp³-hybridized carbons (Fsp3) is 0.0500. The minimum absolute atomic E-state index is 0.233. The molecule has 0 bridgehead atoms. The average Bonchev–Trinajstić information content (AvgIpc) is 3.06. The highest BCUT2D eigenvalue weighted by Gasteiger charge is 2.16. The Hall–Kier alpha value is -4.05. The molecule has 0 aliphatic carbocycles. The predicted molar refractivity (Wildman–Crippen MR) is 102 cm³/mol. The monoisotopic (exact) mass is 357 g/mol. The van der Waals surface area contributed by atoms with Crippen molar-refractivity contribution in [2.75, 3.05) is 5.32 Å². The molecule has 0 atom stereocenters. The number of hydrogen-bond donors (Lipinski definition) is 3. The fourth-order valence-electron chi connectivity index (χ4n) is 2.91. The van der Waals surface area contributed by atoms with E-state index in [2.05, 4.69) is 21.5 Å². The number of benzene rings is 2. The summed E-state index contributed by atoms with van der Waals surface area (Å²) in [6.07, 6.45) is 0. The molecule has 0 aliphatic rings. The zero-order valence-corrected chi connectivity index (χ0v) is 14.2. The SMILES string of the molecule is N#Cc1ccc(CNc2c3c(=O)[nH]c(O)cc3nn2-c2ccccc2)cc1. The molecule has 0 unspecified atom stereocenters. The highest BCUT2D eigenvalue weighted by molar-refractivity contribution is 5.90. The second-order valence-corrected chi connectivity index (χ2v) is 6.00. The van der Waals surface area contributed by atoms with Gasteiger partial charge in [-0.3, -0.25) is 9.78 Å². The van der Waals surface area contributed by atoms with E-state index < -0.39 is 5.56 Å². The van der Waals surface area contributed by atoms with Crippen LogP contribution in [0.15, 0.2) is 65.5 Å². The summed E-state index contributed by atoms with van der Waals surface area (Å²) < 4.78 is 1.64. The van der Waals surface area contributed by atoms with Crippen molar-refractivity contribution in [1.29, 1.82) is 5.26 Å². The first-order valence-electron chi connectivity index (χ1n) is 8.29. The van der Waals surface area contributed by atoms with Gasteiger partial charge in [0.25, 0.3) is 5.56 Å². The molecule has 0 saturated heterocycles. The van der Waals surface area contributed by atoms with Gasteiger partial charge in [0.05, 0.1) is 17.3 Å². The third-order valence-corrected chi connectivity index (χ3v) is 4.20. The fourth-order valence-corrected chi connectivity index (χ4v) is 2.91. The molecule has 4 rings (SSSR count). The van der Waals surface area contributed by atoms with Gasteiger partial charge in [-0.2, -0.15) is 10.4 Å². The van der Waals surface area contributed by atoms with E-state index in [-0.39, 0.29) is 5.88 Å². The maximum atomic E-state index is 12.4. The zero-order valence-electron chi connectivity index (χ0n) is 14.2. The first-order chi connectivity index (χ1) is 13.2. The number of nitriles is 1. The number of H-pyrrole nitrogens is 1. The summed E-state index contributed by atoms with van der Waals surface area (Å²) >= 11 is 0. The molecule has 0 amide bonds. The normalized spacial score (nSPS) is 10.6. The third kappa shape index (κ3) is 3.12. The lowest BCUT2D eigenvalue weighted by Crippen LogP contribution is -2.10. The molecular weight excluding hydrogens is 342 g/mol. The maximum Gasteiger partial charge on any atom is 0.264 e. The Balaban J connectivity index is 1.79. The van der Waals surface area contributed by atoms with Crippen LogP contribution in [0.25, 0.3) is 16.6 Å². The van der Waals surface area contributed by atoms with Crippen LogP contribution in [0.2, 0.25) is 0 Å². The number of aromatic nitrogens is 3. The standard InChI is InChI=1S/C20H15N5O2/c21-11-13-6-8-14(9-7-13)12-22-19-18-16(10-17(26)23-20(18)27)24-25(19)15-4-2-1-3-5-15/h1-10,22,26H,12H2,(H,23,27). The number of rotatable bonds is 4. The maximum absolute atomic E-state index is 12.4. The number of hydrogen-bond acceptors (Lipinski definition) is 5. The number of nitrogens with zero attached hydrogens (tertiary/aromatic N) is 3. The van der Waals surface area contributed by atoms with Gasteiger partial charge in [0, 0.05) is 12.6 Å². The summed E-state index contributed by atoms with van der Waals surface area (Å²) in [5, 5.41) is 26.7. The van der Waals surface area contributed by atoms with Crippen LogP contribution in [0.4, 0.5) is 5.82 Å². The van der Waals surface area contributed by atoms with E-state index >= 15 is 0 Å². The quantitative estimate of drug-likeness (QED) is 0.521. The number of nitrogens with one attached hydrogen (secondary N) is 2. The van der Waals surface area contributed by atoms with Crippen LogP contribution in [0.3, 0.4) is 0 Å². The Kier molecular flexibility index (Phi) is 4.07. The van der Waals surface area contributed by atoms with Crippen molar-refractivity contribution < 1.29 is 5.11 Å². The Morgan fingerprint density at radius 3 is 2.59 bits per heavy atom. The number of aromatic amines is 1. The van der Waals surface area contributed by atoms with Gasteiger partial charge in [-0.1, -0.05) is 30.3 Å². The number of fused-ring (bicyclic) bond motifs is 1. The van der Waals surface area contributed by atoms with Crippen molar-refractivity contribution >= 4 is 16.7 Å². The lowest BCUT2D eigenvalue weighted by molar-refractivity contribution is 0.453. The van der Waals surface area contributed by atoms with Crippen molar-refractivity contribution in [1.82, 2.24) is 14.8 Å². The molecule has 27 heavy (non-hydrogen) atoms. The average molecular weight is 357 g/mol. The molecule has 0 radical (unpaired) electrons. The Labute approximate surface area is 154 Å². The largest absolute Gasteiger partial charge is 0.494 e. The summed E-state index contributed by atoms with van der Waals surface area (Å²) in [6.45, 7) is 0.444. The van der Waals surface area contributed by atoms with E-state index in [0.29, 0.717) is 28.8 Å². The summed E-state index contributed by atoms with van der Waals surface area (Å²) in [5.74, 6) is 0.297. The third-order valence-electron chi connectivity index (χ3n) is 4.20. The second-order valence-electron chi connectivity index (χ2n) is 6.00. The van der Waals surface area contributed by atoms with Crippen molar-refractivity contribution in [2.45, 2.75) is 6.54 Å². The predicted octanol–water partition coefficient (Wildman–Crippen LogP) is 2.90. The van der Waals surface area contributed by atoms with Crippen molar-refractivity contribution in [3.8, 4) is 17.6 Å². The Morgan fingerprint density at radius 2 is 1.89 bits per heavy atom. The van der Waals surface area contributed by atoms with Gasteiger partial charge in [-0.05, 0) is 29.8 Å². The van der Waals surface area contributed by atoms with Gasteiger partial charge in [0.1, 0.15) is 16.7 Å². The topological polar surface area (TPSA) is 107 Å². The number of aromatic hydroxyl groups is 1. The lowest BCUT2D eigenvalue weighted by atomic mass is 10.1. The molecule has 7 nitrogen and oxygen atoms in total. The number of para-hydroxylation sites is 1. The zero-order chi connectivity index (χ0) is 18.8. The van der Waals surface area contributed by atoms with Gasteiger partial charge in [0.15, 0.2) is 5.88 Å². The van der Waals surface area contributed by atoms with Crippen molar-refractivity contribution in [3.05, 3.63) is 82.1 Å². The van der Waals surface area contributed by atoms with Crippen LogP contribution in [0.5, 0.6) is 5.88 Å². The smallest absolute Gasteiger partial charge is 0.264 e. The van der Waals surface area contributed by atoms with Crippen LogP contribution in [0, 0.1) is 11.3 Å². The molecular formula is C20H15N5O2. The lowest BCUT2D eigenvalue weighted by Gasteiger charge is -2.10. The van der Waals surface area contributed by atoms with Crippen molar-refractivity contribution in [2.24, 2.45) is 0 Å². The first-order valence-corrected chi connectivity index (χ1v) is 8.29. The Bertz CT molecular complexity index is 1200. The van der Waals surface area contributed by atoms with Crippen LogP contribution >= 0.6 is 0 Å². The summed E-state index contributed by atoms with van der Waals surface area (Å²) in [4.78, 5) is 14.8. The molecule has 0 spiro atoms. The first kappa shape index (κ1) is 16.4. The van der Waals surface area contributed by atoms with Gasteiger partial charge < -0.3 is 10.4 Å². The molecule has 2 aromatic heterocycles. The second kappa shape index (κ2) is 6.69. The summed E-state index contributed by atoms with van der Waals surface area (Å²) in [5.41, 5.74) is 2.30. The van der Waals surface area contributed by atoms with Crippen LogP contribution < -0.4 is 10.9 Å². The molecule has 3 N–H and O–H groups in total. The van der Waals surface area contributed by atoms with E-state index in [9.17, 15) is 9.90 Å². The minimum Gasteiger partial charge on any atom is -0.494 e. The van der Waals surface area contributed by atoms with E-state index in [0.717, 1.165) is 11.3 Å².